The molecule has 2 aromatic rings. The van der Waals surface area contributed by atoms with E-state index in [2.05, 4.69) is 31.9 Å². The lowest BCUT2D eigenvalue weighted by atomic mass is 10.2. The quantitative estimate of drug-likeness (QED) is 0.755. The minimum atomic E-state index is -3.94. The Labute approximate surface area is 144 Å². The van der Waals surface area contributed by atoms with Crippen LogP contribution in [-0.4, -0.2) is 8.42 Å². The molecule has 2 rings (SSSR count). The fourth-order valence-electron chi connectivity index (χ4n) is 1.62. The third kappa shape index (κ3) is 4.43. The molecule has 2 N–H and O–H groups in total. The van der Waals surface area contributed by atoms with Crippen molar-refractivity contribution in [3.63, 3.8) is 0 Å². The van der Waals surface area contributed by atoms with Crippen LogP contribution in [0.15, 0.2) is 50.2 Å². The van der Waals surface area contributed by atoms with E-state index in [-0.39, 0.29) is 22.3 Å². The molecule has 0 aliphatic rings. The number of primary sulfonamides is 1. The second-order valence-corrected chi connectivity index (χ2v) is 7.94. The first kappa shape index (κ1) is 16.8. The van der Waals surface area contributed by atoms with Gasteiger partial charge in [-0.05, 0) is 29.8 Å². The van der Waals surface area contributed by atoms with Crippen LogP contribution in [0.25, 0.3) is 0 Å². The largest absolute Gasteiger partial charge is 0.486 e. The van der Waals surface area contributed by atoms with Crippen LogP contribution in [0.4, 0.5) is 0 Å². The molecule has 0 aliphatic heterocycles. The van der Waals surface area contributed by atoms with Gasteiger partial charge in [0.25, 0.3) is 0 Å². The fraction of sp³-hybridized carbons (Fsp3) is 0.0769. The summed E-state index contributed by atoms with van der Waals surface area (Å²) in [6, 6.07) is 10.3. The number of sulfonamides is 1. The minimum Gasteiger partial charge on any atom is -0.486 e. The van der Waals surface area contributed by atoms with Gasteiger partial charge in [-0.1, -0.05) is 55.6 Å². The first-order chi connectivity index (χ1) is 9.77. The topological polar surface area (TPSA) is 69.4 Å². The Morgan fingerprint density at radius 1 is 1.10 bits per heavy atom. The standard InChI is InChI=1S/C13H10Br2ClNO3S/c14-9-3-1-8(2-4-9)7-20-13-11(16)5-10(15)6-12(13)21(17,18)19/h1-6H,7H2,(H2,17,18,19). The molecule has 8 heteroatoms. The Morgan fingerprint density at radius 3 is 2.29 bits per heavy atom. The van der Waals surface area contributed by atoms with E-state index in [0.717, 1.165) is 10.0 Å². The van der Waals surface area contributed by atoms with E-state index in [4.69, 9.17) is 21.5 Å². The second-order valence-electron chi connectivity index (χ2n) is 4.18. The zero-order valence-electron chi connectivity index (χ0n) is 10.5. The molecule has 0 aromatic heterocycles. The van der Waals surface area contributed by atoms with Gasteiger partial charge in [-0.3, -0.25) is 0 Å². The number of hydrogen-bond donors (Lipinski definition) is 1. The molecule has 112 valence electrons. The van der Waals surface area contributed by atoms with E-state index < -0.39 is 10.0 Å². The third-order valence-corrected chi connectivity index (χ3v) is 4.76. The van der Waals surface area contributed by atoms with Crippen molar-refractivity contribution in [2.45, 2.75) is 11.5 Å². The van der Waals surface area contributed by atoms with Crippen molar-refractivity contribution in [3.8, 4) is 5.75 Å². The Kier molecular flexibility index (Phi) is 5.32. The highest BCUT2D eigenvalue weighted by molar-refractivity contribution is 9.10. The van der Waals surface area contributed by atoms with Gasteiger partial charge in [-0.15, -0.1) is 0 Å². The lowest BCUT2D eigenvalue weighted by Crippen LogP contribution is -2.14. The van der Waals surface area contributed by atoms with Crippen molar-refractivity contribution in [1.82, 2.24) is 0 Å². The van der Waals surface area contributed by atoms with Crippen LogP contribution < -0.4 is 9.88 Å². The zero-order valence-corrected chi connectivity index (χ0v) is 15.3. The van der Waals surface area contributed by atoms with E-state index in [0.29, 0.717) is 4.47 Å². The van der Waals surface area contributed by atoms with Gasteiger partial charge in [0.15, 0.2) is 5.75 Å². The first-order valence-electron chi connectivity index (χ1n) is 5.66. The first-order valence-corrected chi connectivity index (χ1v) is 9.17. The van der Waals surface area contributed by atoms with E-state index in [1.807, 2.05) is 24.3 Å². The average Bonchev–Trinajstić information content (AvgIpc) is 2.38. The summed E-state index contributed by atoms with van der Waals surface area (Å²) in [4.78, 5) is -0.154. The molecule has 0 saturated heterocycles. The summed E-state index contributed by atoms with van der Waals surface area (Å²) in [5, 5.41) is 5.36. The van der Waals surface area contributed by atoms with E-state index >= 15 is 0 Å². The van der Waals surface area contributed by atoms with Crippen LogP contribution in [0.1, 0.15) is 5.56 Å². The highest BCUT2D eigenvalue weighted by Gasteiger charge is 2.19. The molecule has 21 heavy (non-hydrogen) atoms. The van der Waals surface area contributed by atoms with Gasteiger partial charge in [-0.2, -0.15) is 0 Å². The van der Waals surface area contributed by atoms with Gasteiger partial charge < -0.3 is 4.74 Å². The van der Waals surface area contributed by atoms with Crippen LogP contribution in [0.3, 0.4) is 0 Å². The maximum atomic E-state index is 11.6. The molecule has 0 unspecified atom stereocenters. The molecule has 0 aliphatic carbocycles. The molecule has 0 saturated carbocycles. The Bertz CT molecular complexity index is 764. The molecule has 0 radical (unpaired) electrons. The summed E-state index contributed by atoms with van der Waals surface area (Å²) in [6.07, 6.45) is 0. The summed E-state index contributed by atoms with van der Waals surface area (Å²) in [5.74, 6) is 0.0466. The van der Waals surface area contributed by atoms with Gasteiger partial charge in [0.05, 0.1) is 5.02 Å². The van der Waals surface area contributed by atoms with Crippen LogP contribution >= 0.6 is 43.5 Å². The smallest absolute Gasteiger partial charge is 0.241 e. The van der Waals surface area contributed by atoms with Gasteiger partial charge in [0.1, 0.15) is 11.5 Å². The van der Waals surface area contributed by atoms with Crippen LogP contribution in [0, 0.1) is 0 Å². The Hall–Kier alpha value is -0.600. The molecule has 0 spiro atoms. The maximum Gasteiger partial charge on any atom is 0.241 e. The average molecular weight is 456 g/mol. The van der Waals surface area contributed by atoms with Crippen LogP contribution in [-0.2, 0) is 16.6 Å². The summed E-state index contributed by atoms with van der Waals surface area (Å²) in [6.45, 7) is 0.178. The summed E-state index contributed by atoms with van der Waals surface area (Å²) in [5.41, 5.74) is 0.873. The van der Waals surface area contributed by atoms with Crippen molar-refractivity contribution in [2.24, 2.45) is 5.14 Å². The second kappa shape index (κ2) is 6.66. The molecule has 0 fully saturated rings. The van der Waals surface area contributed by atoms with Gasteiger partial charge in [-0.25, -0.2) is 13.6 Å². The third-order valence-electron chi connectivity index (χ3n) is 2.58. The zero-order chi connectivity index (χ0) is 15.6. The van der Waals surface area contributed by atoms with Crippen molar-refractivity contribution in [3.05, 3.63) is 55.9 Å². The van der Waals surface area contributed by atoms with Gasteiger partial charge in [0, 0.05) is 8.95 Å². The fourth-order valence-corrected chi connectivity index (χ4v) is 3.68. The minimum absolute atomic E-state index is 0.0466. The van der Waals surface area contributed by atoms with E-state index in [9.17, 15) is 8.42 Å². The number of benzene rings is 2. The predicted octanol–water partition coefficient (Wildman–Crippen LogP) is 4.09. The molecular formula is C13H10Br2ClNO3S. The van der Waals surface area contributed by atoms with Gasteiger partial charge >= 0.3 is 0 Å². The highest BCUT2D eigenvalue weighted by atomic mass is 79.9. The van der Waals surface area contributed by atoms with Crippen molar-refractivity contribution >= 4 is 53.5 Å². The molecule has 0 atom stereocenters. The summed E-state index contributed by atoms with van der Waals surface area (Å²) < 4.78 is 30.3. The molecule has 0 heterocycles. The van der Waals surface area contributed by atoms with Crippen molar-refractivity contribution in [2.75, 3.05) is 0 Å². The summed E-state index contributed by atoms with van der Waals surface area (Å²) >= 11 is 12.6. The number of halogens is 3. The number of hydrogen-bond acceptors (Lipinski definition) is 3. The van der Waals surface area contributed by atoms with Crippen LogP contribution in [0.2, 0.25) is 5.02 Å². The number of nitrogens with two attached hydrogens (primary N) is 1. The maximum absolute atomic E-state index is 11.6. The van der Waals surface area contributed by atoms with Crippen molar-refractivity contribution < 1.29 is 13.2 Å². The highest BCUT2D eigenvalue weighted by Crippen LogP contribution is 2.35. The van der Waals surface area contributed by atoms with E-state index in [1.165, 1.54) is 6.07 Å². The van der Waals surface area contributed by atoms with Crippen molar-refractivity contribution in [1.29, 1.82) is 0 Å². The van der Waals surface area contributed by atoms with E-state index in [1.54, 1.807) is 6.07 Å². The van der Waals surface area contributed by atoms with Crippen LogP contribution in [0.5, 0.6) is 5.75 Å². The summed E-state index contributed by atoms with van der Waals surface area (Å²) in [7, 11) is -3.94. The number of ether oxygens (including phenoxy) is 1. The molecule has 0 amide bonds. The Morgan fingerprint density at radius 2 is 1.71 bits per heavy atom. The molecule has 4 nitrogen and oxygen atoms in total. The monoisotopic (exact) mass is 453 g/mol. The molecule has 2 aromatic carbocycles. The molecule has 0 bridgehead atoms. The molecular weight excluding hydrogens is 445 g/mol. The normalized spacial score (nSPS) is 11.4. The Balaban J connectivity index is 2.33. The van der Waals surface area contributed by atoms with Gasteiger partial charge in [0.2, 0.25) is 10.0 Å². The number of rotatable bonds is 4. The lowest BCUT2D eigenvalue weighted by molar-refractivity contribution is 0.298. The predicted molar refractivity (Wildman–Crippen MR) is 89.0 cm³/mol. The SMILES string of the molecule is NS(=O)(=O)c1cc(Br)cc(Cl)c1OCc1ccc(Br)cc1. The lowest BCUT2D eigenvalue weighted by Gasteiger charge is -2.12.